The van der Waals surface area contributed by atoms with Crippen LogP contribution >= 0.6 is 0 Å². The van der Waals surface area contributed by atoms with Crippen LogP contribution < -0.4 is 5.32 Å². The van der Waals surface area contributed by atoms with Gasteiger partial charge in [-0.1, -0.05) is 27.7 Å². The Morgan fingerprint density at radius 3 is 1.86 bits per heavy atom. The number of nitrogens with zero attached hydrogens (tertiary/aromatic N) is 1. The second kappa shape index (κ2) is 7.97. The van der Waals surface area contributed by atoms with Crippen LogP contribution in [0.4, 0.5) is 0 Å². The first kappa shape index (κ1) is 17.3. The third-order valence-electron chi connectivity index (χ3n) is 6.01. The summed E-state index contributed by atoms with van der Waals surface area (Å²) in [5, 5.41) is 3.49. The van der Waals surface area contributed by atoms with Crippen LogP contribution in [-0.4, -0.2) is 37.6 Å². The third-order valence-corrected chi connectivity index (χ3v) is 6.01. The lowest BCUT2D eigenvalue weighted by molar-refractivity contribution is 0.116. The van der Waals surface area contributed by atoms with Crippen molar-refractivity contribution in [3.8, 4) is 0 Å². The molecule has 21 heavy (non-hydrogen) atoms. The van der Waals surface area contributed by atoms with Crippen molar-refractivity contribution in [2.24, 2.45) is 23.2 Å². The van der Waals surface area contributed by atoms with E-state index in [4.69, 9.17) is 0 Å². The average Bonchev–Trinajstić information content (AvgIpc) is 2.47. The van der Waals surface area contributed by atoms with Gasteiger partial charge in [-0.2, -0.15) is 0 Å². The Kier molecular flexibility index (Phi) is 6.55. The van der Waals surface area contributed by atoms with E-state index < -0.39 is 0 Å². The molecule has 124 valence electrons. The van der Waals surface area contributed by atoms with Crippen molar-refractivity contribution >= 4 is 0 Å². The van der Waals surface area contributed by atoms with Gasteiger partial charge in [0.25, 0.3) is 0 Å². The molecule has 0 amide bonds. The number of hydrogen-bond donors (Lipinski definition) is 1. The number of piperidine rings is 1. The van der Waals surface area contributed by atoms with Gasteiger partial charge in [0, 0.05) is 13.1 Å². The maximum atomic E-state index is 3.49. The lowest BCUT2D eigenvalue weighted by Crippen LogP contribution is -2.39. The summed E-state index contributed by atoms with van der Waals surface area (Å²) in [5.41, 5.74) is 0.518. The predicted octanol–water partition coefficient (Wildman–Crippen LogP) is 4.16. The molecule has 0 aromatic carbocycles. The SMILES string of the molecule is CCN(CC1CCNCC1)CC1CCC(C(C)(C)C)CC1. The van der Waals surface area contributed by atoms with E-state index in [-0.39, 0.29) is 0 Å². The fourth-order valence-corrected chi connectivity index (χ4v) is 4.34. The smallest absolute Gasteiger partial charge is 0.00106 e. The van der Waals surface area contributed by atoms with Crippen LogP contribution in [0.25, 0.3) is 0 Å². The molecule has 2 heteroatoms. The third kappa shape index (κ3) is 5.56. The fourth-order valence-electron chi connectivity index (χ4n) is 4.34. The highest BCUT2D eigenvalue weighted by Crippen LogP contribution is 2.40. The summed E-state index contributed by atoms with van der Waals surface area (Å²) in [6.45, 7) is 16.0. The van der Waals surface area contributed by atoms with E-state index in [0.29, 0.717) is 5.41 Å². The van der Waals surface area contributed by atoms with Crippen LogP contribution in [0, 0.1) is 23.2 Å². The summed E-state index contributed by atoms with van der Waals surface area (Å²) < 4.78 is 0. The topological polar surface area (TPSA) is 15.3 Å². The maximum Gasteiger partial charge on any atom is 0.00106 e. The molecule has 0 bridgehead atoms. The first-order valence-electron chi connectivity index (χ1n) is 9.42. The molecule has 1 aliphatic heterocycles. The van der Waals surface area contributed by atoms with E-state index in [1.165, 1.54) is 71.2 Å². The highest BCUT2D eigenvalue weighted by Gasteiger charge is 2.30. The van der Waals surface area contributed by atoms with Crippen LogP contribution in [0.3, 0.4) is 0 Å². The van der Waals surface area contributed by atoms with E-state index in [9.17, 15) is 0 Å². The molecule has 1 heterocycles. The number of hydrogen-bond acceptors (Lipinski definition) is 2. The summed E-state index contributed by atoms with van der Waals surface area (Å²) in [6, 6.07) is 0. The average molecular weight is 295 g/mol. The van der Waals surface area contributed by atoms with Gasteiger partial charge in [0.15, 0.2) is 0 Å². The molecule has 2 rings (SSSR count). The van der Waals surface area contributed by atoms with Crippen molar-refractivity contribution < 1.29 is 0 Å². The second-order valence-corrected chi connectivity index (χ2v) is 8.63. The van der Waals surface area contributed by atoms with Gasteiger partial charge in [-0.25, -0.2) is 0 Å². The van der Waals surface area contributed by atoms with Gasteiger partial charge >= 0.3 is 0 Å². The zero-order valence-electron chi connectivity index (χ0n) is 15.0. The zero-order chi connectivity index (χ0) is 15.3. The van der Waals surface area contributed by atoms with Crippen LogP contribution in [0.1, 0.15) is 66.2 Å². The summed E-state index contributed by atoms with van der Waals surface area (Å²) >= 11 is 0. The van der Waals surface area contributed by atoms with Crippen molar-refractivity contribution in [3.05, 3.63) is 0 Å². The van der Waals surface area contributed by atoms with Crippen LogP contribution in [0.2, 0.25) is 0 Å². The van der Waals surface area contributed by atoms with Gasteiger partial charge < -0.3 is 10.2 Å². The van der Waals surface area contributed by atoms with Crippen molar-refractivity contribution in [2.45, 2.75) is 66.2 Å². The van der Waals surface area contributed by atoms with E-state index in [2.05, 4.69) is 37.9 Å². The number of nitrogens with one attached hydrogen (secondary N) is 1. The summed E-state index contributed by atoms with van der Waals surface area (Å²) in [6.07, 6.45) is 8.61. The predicted molar refractivity (Wildman–Crippen MR) is 92.6 cm³/mol. The Labute approximate surface area is 133 Å². The Balaban J connectivity index is 1.72. The molecule has 0 unspecified atom stereocenters. The van der Waals surface area contributed by atoms with Crippen molar-refractivity contribution in [2.75, 3.05) is 32.7 Å². The van der Waals surface area contributed by atoms with Crippen molar-refractivity contribution in [1.29, 1.82) is 0 Å². The molecule has 1 saturated heterocycles. The van der Waals surface area contributed by atoms with Crippen LogP contribution in [0.5, 0.6) is 0 Å². The first-order chi connectivity index (χ1) is 9.99. The second-order valence-electron chi connectivity index (χ2n) is 8.63. The Bertz CT molecular complexity index is 280. The Morgan fingerprint density at radius 1 is 0.857 bits per heavy atom. The minimum absolute atomic E-state index is 0.518. The highest BCUT2D eigenvalue weighted by atomic mass is 15.1. The van der Waals surface area contributed by atoms with Gasteiger partial charge in [0.2, 0.25) is 0 Å². The molecule has 1 aliphatic carbocycles. The van der Waals surface area contributed by atoms with Gasteiger partial charge in [-0.3, -0.25) is 0 Å². The Morgan fingerprint density at radius 2 is 1.38 bits per heavy atom. The van der Waals surface area contributed by atoms with E-state index in [1.54, 1.807) is 0 Å². The van der Waals surface area contributed by atoms with Gasteiger partial charge in [-0.05, 0) is 81.3 Å². The van der Waals surface area contributed by atoms with Gasteiger partial charge in [0.05, 0.1) is 0 Å². The molecule has 2 aliphatic rings. The van der Waals surface area contributed by atoms with Crippen molar-refractivity contribution in [3.63, 3.8) is 0 Å². The fraction of sp³-hybridized carbons (Fsp3) is 1.00. The molecule has 0 spiro atoms. The zero-order valence-corrected chi connectivity index (χ0v) is 15.0. The standard InChI is InChI=1S/C19H38N2/c1-5-21(15-17-10-12-20-13-11-17)14-16-6-8-18(9-7-16)19(2,3)4/h16-18,20H,5-15H2,1-4H3. The van der Waals surface area contributed by atoms with E-state index >= 15 is 0 Å². The minimum Gasteiger partial charge on any atom is -0.317 e. The monoisotopic (exact) mass is 294 g/mol. The lowest BCUT2D eigenvalue weighted by atomic mass is 9.70. The van der Waals surface area contributed by atoms with Crippen LogP contribution in [0.15, 0.2) is 0 Å². The molecule has 0 radical (unpaired) electrons. The highest BCUT2D eigenvalue weighted by molar-refractivity contribution is 4.82. The molecule has 2 fully saturated rings. The van der Waals surface area contributed by atoms with Gasteiger partial charge in [0.1, 0.15) is 0 Å². The molecule has 2 nitrogen and oxygen atoms in total. The quantitative estimate of drug-likeness (QED) is 0.819. The Hall–Kier alpha value is -0.0800. The molecule has 1 saturated carbocycles. The van der Waals surface area contributed by atoms with E-state index in [1.807, 2.05) is 0 Å². The largest absolute Gasteiger partial charge is 0.317 e. The molecule has 0 atom stereocenters. The number of rotatable bonds is 5. The summed E-state index contributed by atoms with van der Waals surface area (Å²) in [5.74, 6) is 2.86. The van der Waals surface area contributed by atoms with Gasteiger partial charge in [-0.15, -0.1) is 0 Å². The summed E-state index contributed by atoms with van der Waals surface area (Å²) in [7, 11) is 0. The van der Waals surface area contributed by atoms with Crippen LogP contribution in [-0.2, 0) is 0 Å². The molecule has 0 aromatic heterocycles. The van der Waals surface area contributed by atoms with Crippen molar-refractivity contribution in [1.82, 2.24) is 10.2 Å². The lowest BCUT2D eigenvalue weighted by Gasteiger charge is -2.39. The first-order valence-corrected chi connectivity index (χ1v) is 9.42. The maximum absolute atomic E-state index is 3.49. The molecule has 1 N–H and O–H groups in total. The molecule has 0 aromatic rings. The van der Waals surface area contributed by atoms with E-state index in [0.717, 1.165) is 17.8 Å². The molecular formula is C19H38N2. The normalized spacial score (nSPS) is 29.0. The molecular weight excluding hydrogens is 256 g/mol. The summed E-state index contributed by atoms with van der Waals surface area (Å²) in [4.78, 5) is 2.75. The minimum atomic E-state index is 0.518.